The lowest BCUT2D eigenvalue weighted by Crippen LogP contribution is -2.11. The maximum atomic E-state index is 5.60. The predicted molar refractivity (Wildman–Crippen MR) is 67.0 cm³/mol. The van der Waals surface area contributed by atoms with Crippen LogP contribution in [0.1, 0.15) is 37.8 Å². The average molecular weight is 205 g/mol. The molecule has 0 saturated heterocycles. The van der Waals surface area contributed by atoms with Gasteiger partial charge in [-0.3, -0.25) is 0 Å². The molecule has 0 aliphatic rings. The van der Waals surface area contributed by atoms with Crippen LogP contribution in [0.4, 0.5) is 0 Å². The highest BCUT2D eigenvalue weighted by Crippen LogP contribution is 2.11. The fourth-order valence-corrected chi connectivity index (χ4v) is 1.69. The van der Waals surface area contributed by atoms with E-state index >= 15 is 0 Å². The van der Waals surface area contributed by atoms with Crippen molar-refractivity contribution < 1.29 is 0 Å². The van der Waals surface area contributed by atoms with Gasteiger partial charge >= 0.3 is 0 Å². The number of nitrogens with two attached hydrogens (primary N) is 1. The summed E-state index contributed by atoms with van der Waals surface area (Å²) in [7, 11) is 0. The molecule has 1 nitrogen and oxygen atoms in total. The molecule has 2 N–H and O–H groups in total. The molecule has 1 aromatic rings. The molecule has 1 heteroatoms. The summed E-state index contributed by atoms with van der Waals surface area (Å²) in [6, 6.07) is 9.03. The third-order valence-corrected chi connectivity index (χ3v) is 2.89. The SMILES string of the molecule is CCCc1ccc(CCC(C)CN)cc1. The van der Waals surface area contributed by atoms with Crippen LogP contribution in [0.15, 0.2) is 24.3 Å². The molecule has 0 radical (unpaired) electrons. The Morgan fingerprint density at radius 1 is 1.07 bits per heavy atom. The maximum absolute atomic E-state index is 5.60. The second-order valence-electron chi connectivity index (χ2n) is 4.45. The van der Waals surface area contributed by atoms with E-state index in [4.69, 9.17) is 5.73 Å². The van der Waals surface area contributed by atoms with Crippen molar-refractivity contribution in [3.05, 3.63) is 35.4 Å². The highest BCUT2D eigenvalue weighted by molar-refractivity contribution is 5.22. The van der Waals surface area contributed by atoms with Gasteiger partial charge in [0, 0.05) is 0 Å². The number of hydrogen-bond acceptors (Lipinski definition) is 1. The topological polar surface area (TPSA) is 26.0 Å². The second kappa shape index (κ2) is 6.62. The first-order valence-corrected chi connectivity index (χ1v) is 6.04. The van der Waals surface area contributed by atoms with Crippen LogP contribution in [0.25, 0.3) is 0 Å². The van der Waals surface area contributed by atoms with Crippen molar-refractivity contribution in [2.75, 3.05) is 6.54 Å². The van der Waals surface area contributed by atoms with E-state index < -0.39 is 0 Å². The molecular weight excluding hydrogens is 182 g/mol. The van der Waals surface area contributed by atoms with Crippen molar-refractivity contribution in [3.8, 4) is 0 Å². The number of aryl methyl sites for hydroxylation is 2. The molecule has 1 rings (SSSR count). The highest BCUT2D eigenvalue weighted by atomic mass is 14.5. The monoisotopic (exact) mass is 205 g/mol. The first kappa shape index (κ1) is 12.3. The normalized spacial score (nSPS) is 12.7. The lowest BCUT2D eigenvalue weighted by atomic mass is 10.00. The van der Waals surface area contributed by atoms with Crippen molar-refractivity contribution in [1.82, 2.24) is 0 Å². The highest BCUT2D eigenvalue weighted by Gasteiger charge is 2.00. The van der Waals surface area contributed by atoms with E-state index in [-0.39, 0.29) is 0 Å². The van der Waals surface area contributed by atoms with Crippen LogP contribution in [0, 0.1) is 5.92 Å². The van der Waals surface area contributed by atoms with Crippen LogP contribution >= 0.6 is 0 Å². The summed E-state index contributed by atoms with van der Waals surface area (Å²) in [5.41, 5.74) is 8.49. The van der Waals surface area contributed by atoms with Crippen LogP contribution < -0.4 is 5.73 Å². The van der Waals surface area contributed by atoms with Crippen molar-refractivity contribution in [2.45, 2.75) is 39.5 Å². The van der Waals surface area contributed by atoms with Crippen LogP contribution in [-0.4, -0.2) is 6.54 Å². The van der Waals surface area contributed by atoms with Gasteiger partial charge in [-0.2, -0.15) is 0 Å². The number of rotatable bonds is 6. The molecule has 84 valence electrons. The first-order chi connectivity index (χ1) is 7.26. The Morgan fingerprint density at radius 3 is 2.07 bits per heavy atom. The van der Waals surface area contributed by atoms with Crippen molar-refractivity contribution in [1.29, 1.82) is 0 Å². The molecular formula is C14H23N. The van der Waals surface area contributed by atoms with Gasteiger partial charge in [0.05, 0.1) is 0 Å². The van der Waals surface area contributed by atoms with Gasteiger partial charge in [-0.05, 0) is 42.9 Å². The quantitative estimate of drug-likeness (QED) is 0.758. The van der Waals surface area contributed by atoms with Gasteiger partial charge in [-0.25, -0.2) is 0 Å². The Labute approximate surface area is 93.7 Å². The van der Waals surface area contributed by atoms with E-state index in [0.29, 0.717) is 5.92 Å². The molecule has 0 spiro atoms. The smallest absolute Gasteiger partial charge is 0.00514 e. The Bertz CT molecular complexity index is 263. The minimum atomic E-state index is 0.639. The molecule has 1 unspecified atom stereocenters. The first-order valence-electron chi connectivity index (χ1n) is 6.04. The molecule has 0 saturated carbocycles. The average Bonchev–Trinajstić information content (AvgIpc) is 2.28. The van der Waals surface area contributed by atoms with E-state index in [1.165, 1.54) is 30.4 Å². The molecule has 0 heterocycles. The Balaban J connectivity index is 2.42. The lowest BCUT2D eigenvalue weighted by Gasteiger charge is -2.08. The van der Waals surface area contributed by atoms with Gasteiger partial charge < -0.3 is 5.73 Å². The van der Waals surface area contributed by atoms with Crippen LogP contribution in [0.2, 0.25) is 0 Å². The molecule has 1 atom stereocenters. The standard InChI is InChI=1S/C14H23N/c1-3-4-13-7-9-14(10-8-13)6-5-12(2)11-15/h7-10,12H,3-6,11,15H2,1-2H3. The van der Waals surface area contributed by atoms with E-state index in [0.717, 1.165) is 13.0 Å². The van der Waals surface area contributed by atoms with Gasteiger partial charge in [-0.1, -0.05) is 44.5 Å². The molecule has 0 fully saturated rings. The lowest BCUT2D eigenvalue weighted by molar-refractivity contribution is 0.544. The Hall–Kier alpha value is -0.820. The minimum absolute atomic E-state index is 0.639. The third kappa shape index (κ3) is 4.48. The summed E-state index contributed by atoms with van der Waals surface area (Å²) in [5.74, 6) is 0.639. The summed E-state index contributed by atoms with van der Waals surface area (Å²) in [6.07, 6.45) is 4.78. The number of benzene rings is 1. The summed E-state index contributed by atoms with van der Waals surface area (Å²) in [6.45, 7) is 5.23. The van der Waals surface area contributed by atoms with Crippen molar-refractivity contribution in [2.24, 2.45) is 11.7 Å². The zero-order chi connectivity index (χ0) is 11.1. The third-order valence-electron chi connectivity index (χ3n) is 2.89. The second-order valence-corrected chi connectivity index (χ2v) is 4.45. The molecule has 0 aliphatic carbocycles. The van der Waals surface area contributed by atoms with Gasteiger partial charge in [0.15, 0.2) is 0 Å². The van der Waals surface area contributed by atoms with E-state index in [2.05, 4.69) is 38.1 Å². The Kier molecular flexibility index (Phi) is 5.41. The largest absolute Gasteiger partial charge is 0.330 e. The fraction of sp³-hybridized carbons (Fsp3) is 0.571. The van der Waals surface area contributed by atoms with Crippen LogP contribution in [-0.2, 0) is 12.8 Å². The van der Waals surface area contributed by atoms with Crippen molar-refractivity contribution in [3.63, 3.8) is 0 Å². The molecule has 1 aromatic carbocycles. The van der Waals surface area contributed by atoms with Gasteiger partial charge in [0.2, 0.25) is 0 Å². The predicted octanol–water partition coefficient (Wildman–Crippen LogP) is 3.17. The van der Waals surface area contributed by atoms with E-state index in [9.17, 15) is 0 Å². The Morgan fingerprint density at radius 2 is 1.60 bits per heavy atom. The van der Waals surface area contributed by atoms with Crippen molar-refractivity contribution >= 4 is 0 Å². The van der Waals surface area contributed by atoms with Gasteiger partial charge in [-0.15, -0.1) is 0 Å². The summed E-state index contributed by atoms with van der Waals surface area (Å²) in [4.78, 5) is 0. The maximum Gasteiger partial charge on any atom is -0.00514 e. The van der Waals surface area contributed by atoms with Gasteiger partial charge in [0.1, 0.15) is 0 Å². The molecule has 0 amide bonds. The summed E-state index contributed by atoms with van der Waals surface area (Å²) in [5, 5.41) is 0. The van der Waals surface area contributed by atoms with E-state index in [1.54, 1.807) is 0 Å². The fourth-order valence-electron chi connectivity index (χ4n) is 1.69. The van der Waals surface area contributed by atoms with Crippen LogP contribution in [0.3, 0.4) is 0 Å². The number of hydrogen-bond donors (Lipinski definition) is 1. The minimum Gasteiger partial charge on any atom is -0.330 e. The zero-order valence-electron chi connectivity index (χ0n) is 10.00. The molecule has 0 aliphatic heterocycles. The molecule has 0 aromatic heterocycles. The van der Waals surface area contributed by atoms with Crippen LogP contribution in [0.5, 0.6) is 0 Å². The zero-order valence-corrected chi connectivity index (χ0v) is 10.00. The summed E-state index contributed by atoms with van der Waals surface area (Å²) >= 11 is 0. The summed E-state index contributed by atoms with van der Waals surface area (Å²) < 4.78 is 0. The molecule has 15 heavy (non-hydrogen) atoms. The van der Waals surface area contributed by atoms with Gasteiger partial charge in [0.25, 0.3) is 0 Å². The molecule has 0 bridgehead atoms. The van der Waals surface area contributed by atoms with E-state index in [1.807, 2.05) is 0 Å².